The molecule has 3 N–H and O–H groups in total. The zero-order valence-corrected chi connectivity index (χ0v) is 14.5. The van der Waals surface area contributed by atoms with Crippen LogP contribution in [0.4, 0.5) is 13.2 Å². The topological polar surface area (TPSA) is 51.0 Å². The van der Waals surface area contributed by atoms with Crippen LogP contribution in [0.5, 0.6) is 5.75 Å². The first-order valence-electron chi connectivity index (χ1n) is 8.51. The lowest BCUT2D eigenvalue weighted by Gasteiger charge is -2.08. The Kier molecular flexibility index (Phi) is 5.23. The third-order valence-electron chi connectivity index (χ3n) is 4.49. The Bertz CT molecular complexity index is 900. The fraction of sp³-hybridized carbons (Fsp3) is 0.300. The number of nitrogens with one attached hydrogen (secondary N) is 1. The largest absolute Gasteiger partial charge is 0.497 e. The molecule has 1 heterocycles. The van der Waals surface area contributed by atoms with Crippen molar-refractivity contribution in [2.24, 2.45) is 5.73 Å². The van der Waals surface area contributed by atoms with Crippen molar-refractivity contribution in [3.8, 4) is 17.0 Å². The number of aryl methyl sites for hydroxylation is 1. The van der Waals surface area contributed by atoms with E-state index in [1.165, 1.54) is 6.07 Å². The van der Waals surface area contributed by atoms with E-state index in [0.717, 1.165) is 30.0 Å². The molecule has 3 nitrogen and oxygen atoms in total. The summed E-state index contributed by atoms with van der Waals surface area (Å²) in [6.07, 6.45) is -2.12. The van der Waals surface area contributed by atoms with Gasteiger partial charge in [0.15, 0.2) is 0 Å². The minimum absolute atomic E-state index is 0.126. The summed E-state index contributed by atoms with van der Waals surface area (Å²) in [5.41, 5.74) is 7.44. The van der Waals surface area contributed by atoms with Crippen molar-refractivity contribution in [2.45, 2.75) is 25.4 Å². The average Bonchev–Trinajstić information content (AvgIpc) is 3.00. The van der Waals surface area contributed by atoms with Crippen LogP contribution in [-0.4, -0.2) is 18.6 Å². The molecule has 0 atom stereocenters. The number of aromatic amines is 1. The number of halogens is 3. The highest BCUT2D eigenvalue weighted by Crippen LogP contribution is 2.39. The second kappa shape index (κ2) is 7.41. The van der Waals surface area contributed by atoms with Crippen LogP contribution in [0.25, 0.3) is 22.2 Å². The number of ether oxygens (including phenoxy) is 1. The lowest BCUT2D eigenvalue weighted by Crippen LogP contribution is -2.05. The molecule has 0 saturated carbocycles. The summed E-state index contributed by atoms with van der Waals surface area (Å²) in [7, 11) is 1.56. The number of rotatable bonds is 6. The van der Waals surface area contributed by atoms with Gasteiger partial charge in [-0.05, 0) is 49.6 Å². The summed E-state index contributed by atoms with van der Waals surface area (Å²) in [6.45, 7) is 0.560. The molecule has 2 aromatic carbocycles. The Morgan fingerprint density at radius 3 is 2.54 bits per heavy atom. The van der Waals surface area contributed by atoms with Crippen LogP contribution in [-0.2, 0) is 12.6 Å². The first-order chi connectivity index (χ1) is 12.5. The minimum atomic E-state index is -4.41. The number of benzene rings is 2. The van der Waals surface area contributed by atoms with Crippen LogP contribution >= 0.6 is 0 Å². The number of methoxy groups -OCH3 is 1. The first-order valence-corrected chi connectivity index (χ1v) is 8.51. The van der Waals surface area contributed by atoms with Crippen molar-refractivity contribution in [1.82, 2.24) is 4.98 Å². The Hall–Kier alpha value is -2.47. The van der Waals surface area contributed by atoms with Crippen molar-refractivity contribution in [3.05, 3.63) is 53.6 Å². The molecule has 0 aliphatic heterocycles. The molecule has 0 amide bonds. The van der Waals surface area contributed by atoms with Gasteiger partial charge >= 0.3 is 6.18 Å². The van der Waals surface area contributed by atoms with Gasteiger partial charge < -0.3 is 15.5 Å². The van der Waals surface area contributed by atoms with Crippen molar-refractivity contribution >= 4 is 10.9 Å². The Morgan fingerprint density at radius 2 is 1.85 bits per heavy atom. The molecule has 0 aliphatic carbocycles. The van der Waals surface area contributed by atoms with E-state index >= 15 is 0 Å². The molecule has 3 aromatic rings. The Labute approximate surface area is 150 Å². The number of hydrogen-bond acceptors (Lipinski definition) is 2. The third-order valence-corrected chi connectivity index (χ3v) is 4.49. The van der Waals surface area contributed by atoms with Crippen molar-refractivity contribution in [3.63, 3.8) is 0 Å². The molecule has 3 rings (SSSR count). The molecule has 0 saturated heterocycles. The number of para-hydroxylation sites is 1. The summed E-state index contributed by atoms with van der Waals surface area (Å²) < 4.78 is 45.5. The summed E-state index contributed by atoms with van der Waals surface area (Å²) in [4.78, 5) is 3.03. The summed E-state index contributed by atoms with van der Waals surface area (Å²) >= 11 is 0. The maximum Gasteiger partial charge on any atom is 0.418 e. The molecule has 0 radical (unpaired) electrons. The van der Waals surface area contributed by atoms with Crippen molar-refractivity contribution in [2.75, 3.05) is 13.7 Å². The van der Waals surface area contributed by atoms with Gasteiger partial charge in [0.25, 0.3) is 0 Å². The Morgan fingerprint density at radius 1 is 1.08 bits per heavy atom. The average molecular weight is 362 g/mol. The smallest absolute Gasteiger partial charge is 0.418 e. The molecule has 1 aromatic heterocycles. The monoisotopic (exact) mass is 362 g/mol. The normalized spacial score (nSPS) is 11.9. The van der Waals surface area contributed by atoms with E-state index in [0.29, 0.717) is 29.8 Å². The highest BCUT2D eigenvalue weighted by atomic mass is 19.4. The molecule has 0 aliphatic rings. The standard InChI is InChI=1S/C20H21F3N2O/c1-26-14-7-4-6-13(12-14)18-15(8-2-3-11-24)16-9-5-10-17(19(16)25-18)20(21,22)23/h4-7,9-10,12,25H,2-3,8,11,24H2,1H3. The second-order valence-corrected chi connectivity index (χ2v) is 6.18. The molecular weight excluding hydrogens is 341 g/mol. The number of H-pyrrole nitrogens is 1. The van der Waals surface area contributed by atoms with Gasteiger partial charge in [-0.25, -0.2) is 0 Å². The highest BCUT2D eigenvalue weighted by molar-refractivity contribution is 5.93. The van der Waals surface area contributed by atoms with Crippen molar-refractivity contribution in [1.29, 1.82) is 0 Å². The van der Waals surface area contributed by atoms with Crippen LogP contribution in [0.2, 0.25) is 0 Å². The molecule has 138 valence electrons. The fourth-order valence-electron chi connectivity index (χ4n) is 3.24. The molecule has 0 bridgehead atoms. The number of hydrogen-bond donors (Lipinski definition) is 2. The number of fused-ring (bicyclic) bond motifs is 1. The SMILES string of the molecule is COc1cccc(-c2[nH]c3c(C(F)(F)F)cccc3c2CCCCN)c1. The predicted molar refractivity (Wildman–Crippen MR) is 97.3 cm³/mol. The summed E-state index contributed by atoms with van der Waals surface area (Å²) in [5, 5.41) is 0.606. The maximum absolute atomic E-state index is 13.4. The van der Waals surface area contributed by atoms with Crippen LogP contribution in [0.15, 0.2) is 42.5 Å². The lowest BCUT2D eigenvalue weighted by atomic mass is 9.99. The van der Waals surface area contributed by atoms with Gasteiger partial charge in [0.1, 0.15) is 5.75 Å². The van der Waals surface area contributed by atoms with Gasteiger partial charge in [-0.3, -0.25) is 0 Å². The van der Waals surface area contributed by atoms with E-state index in [1.807, 2.05) is 18.2 Å². The molecule has 0 spiro atoms. The number of aromatic nitrogens is 1. The van der Waals surface area contributed by atoms with Gasteiger partial charge in [0.05, 0.1) is 18.2 Å². The molecule has 6 heteroatoms. The van der Waals surface area contributed by atoms with Crippen LogP contribution in [0.3, 0.4) is 0 Å². The molecular formula is C20H21F3N2O. The predicted octanol–water partition coefficient (Wildman–Crippen LogP) is 5.14. The second-order valence-electron chi connectivity index (χ2n) is 6.18. The molecule has 0 fully saturated rings. The quantitative estimate of drug-likeness (QED) is 0.596. The summed E-state index contributed by atoms with van der Waals surface area (Å²) in [5.74, 6) is 0.658. The van der Waals surface area contributed by atoms with E-state index in [4.69, 9.17) is 10.5 Å². The van der Waals surface area contributed by atoms with E-state index in [9.17, 15) is 13.2 Å². The van der Waals surface area contributed by atoms with E-state index < -0.39 is 11.7 Å². The van der Waals surface area contributed by atoms with Gasteiger partial charge in [-0.1, -0.05) is 24.3 Å². The van der Waals surface area contributed by atoms with Gasteiger partial charge in [0, 0.05) is 16.6 Å². The van der Waals surface area contributed by atoms with Gasteiger partial charge in [-0.2, -0.15) is 13.2 Å². The van der Waals surface area contributed by atoms with Crippen LogP contribution < -0.4 is 10.5 Å². The van der Waals surface area contributed by atoms with E-state index in [1.54, 1.807) is 19.2 Å². The van der Waals surface area contributed by atoms with Crippen molar-refractivity contribution < 1.29 is 17.9 Å². The van der Waals surface area contributed by atoms with E-state index in [2.05, 4.69) is 4.98 Å². The first kappa shape index (κ1) is 18.3. The zero-order valence-electron chi connectivity index (χ0n) is 14.5. The minimum Gasteiger partial charge on any atom is -0.497 e. The number of alkyl halides is 3. The number of unbranched alkanes of at least 4 members (excludes halogenated alkanes) is 1. The highest BCUT2D eigenvalue weighted by Gasteiger charge is 2.34. The van der Waals surface area contributed by atoms with Crippen LogP contribution in [0.1, 0.15) is 24.0 Å². The fourth-order valence-corrected chi connectivity index (χ4v) is 3.24. The zero-order chi connectivity index (χ0) is 18.7. The van der Waals surface area contributed by atoms with E-state index in [-0.39, 0.29) is 5.52 Å². The lowest BCUT2D eigenvalue weighted by molar-refractivity contribution is -0.136. The third kappa shape index (κ3) is 3.55. The van der Waals surface area contributed by atoms with Crippen LogP contribution in [0, 0.1) is 0 Å². The number of nitrogens with two attached hydrogens (primary N) is 1. The summed E-state index contributed by atoms with van der Waals surface area (Å²) in [6, 6.07) is 11.6. The molecule has 0 unspecified atom stereocenters. The maximum atomic E-state index is 13.4. The Balaban J connectivity index is 2.21. The van der Waals surface area contributed by atoms with Gasteiger partial charge in [-0.15, -0.1) is 0 Å². The molecule has 26 heavy (non-hydrogen) atoms. The van der Waals surface area contributed by atoms with Gasteiger partial charge in [0.2, 0.25) is 0 Å².